The van der Waals surface area contributed by atoms with Gasteiger partial charge < -0.3 is 0 Å². The molecule has 4 nitrogen and oxygen atoms in total. The zero-order valence-electron chi connectivity index (χ0n) is 17.1. The summed E-state index contributed by atoms with van der Waals surface area (Å²) in [4.78, 5) is 4.69. The van der Waals surface area contributed by atoms with Crippen LogP contribution >= 0.6 is 0 Å². The van der Waals surface area contributed by atoms with E-state index in [2.05, 4.69) is 17.1 Å². The van der Waals surface area contributed by atoms with Gasteiger partial charge in [-0.2, -0.15) is 0 Å². The Morgan fingerprint density at radius 3 is 2.52 bits per heavy atom. The average Bonchev–Trinajstić information content (AvgIpc) is 3.46. The highest BCUT2D eigenvalue weighted by Gasteiger charge is 2.27. The predicted molar refractivity (Wildman–Crippen MR) is 123 cm³/mol. The summed E-state index contributed by atoms with van der Waals surface area (Å²) in [7, 11) is -3.84. The molecule has 31 heavy (non-hydrogen) atoms. The van der Waals surface area contributed by atoms with Gasteiger partial charge in [0.05, 0.1) is 10.6 Å². The lowest BCUT2D eigenvalue weighted by atomic mass is 9.96. The smallest absolute Gasteiger partial charge is 0.237 e. The molecule has 1 radical (unpaired) electrons. The number of fused-ring (bicyclic) bond motifs is 1. The molecule has 0 saturated heterocycles. The van der Waals surface area contributed by atoms with Crippen LogP contribution < -0.4 is 0 Å². The first-order chi connectivity index (χ1) is 15.1. The number of allylic oxidation sites excluding steroid dienone is 1. The van der Waals surface area contributed by atoms with Gasteiger partial charge in [0.15, 0.2) is 5.65 Å². The molecule has 2 heterocycles. The van der Waals surface area contributed by atoms with Crippen molar-refractivity contribution in [3.05, 3.63) is 102 Å². The Labute approximate surface area is 182 Å². The molecule has 0 bridgehead atoms. The Balaban J connectivity index is 1.80. The third-order valence-electron chi connectivity index (χ3n) is 5.88. The first kappa shape index (κ1) is 19.8. The molecule has 155 valence electrons. The summed E-state index contributed by atoms with van der Waals surface area (Å²) in [5.74, 6) is 0.433. The number of nitrogens with zero attached hydrogens (tertiary/aromatic N) is 2. The molecule has 5 heteroatoms. The second kappa shape index (κ2) is 8.16. The lowest BCUT2D eigenvalue weighted by Crippen LogP contribution is -2.16. The van der Waals surface area contributed by atoms with Crippen molar-refractivity contribution < 1.29 is 8.42 Å². The lowest BCUT2D eigenvalue weighted by molar-refractivity contribution is 0.588. The summed E-state index contributed by atoms with van der Waals surface area (Å²) in [5.41, 5.74) is 2.85. The highest BCUT2D eigenvalue weighted by atomic mass is 32.2. The summed E-state index contributed by atoms with van der Waals surface area (Å²) in [6, 6.07) is 25.3. The van der Waals surface area contributed by atoms with Crippen LogP contribution in [0.1, 0.15) is 36.9 Å². The Bertz CT molecular complexity index is 1330. The predicted octanol–water partition coefficient (Wildman–Crippen LogP) is 5.70. The van der Waals surface area contributed by atoms with Gasteiger partial charge in [0, 0.05) is 17.2 Å². The first-order valence-electron chi connectivity index (χ1n) is 10.6. The molecule has 0 unspecified atom stereocenters. The van der Waals surface area contributed by atoms with Crippen molar-refractivity contribution in [2.45, 2.75) is 30.6 Å². The molecule has 0 amide bonds. The van der Waals surface area contributed by atoms with Crippen LogP contribution in [0.2, 0.25) is 0 Å². The van der Waals surface area contributed by atoms with E-state index in [1.54, 1.807) is 30.5 Å². The van der Waals surface area contributed by atoms with Gasteiger partial charge in [-0.3, -0.25) is 0 Å². The van der Waals surface area contributed by atoms with Crippen molar-refractivity contribution in [3.63, 3.8) is 0 Å². The molecule has 1 fully saturated rings. The third kappa shape index (κ3) is 3.70. The SMILES string of the molecule is O=S(=O)(c1ccccc1)n1c(C(=CC2CCCC2)c2[c]cccc2)cc2cccnc21. The zero-order valence-corrected chi connectivity index (χ0v) is 17.9. The molecular weight excluding hydrogens is 404 g/mol. The largest absolute Gasteiger partial charge is 0.269 e. The monoisotopic (exact) mass is 427 g/mol. The quantitative estimate of drug-likeness (QED) is 0.411. The molecule has 1 aliphatic rings. The second-order valence-electron chi connectivity index (χ2n) is 7.93. The van der Waals surface area contributed by atoms with Crippen molar-refractivity contribution in [2.75, 3.05) is 0 Å². The number of hydrogen-bond acceptors (Lipinski definition) is 3. The van der Waals surface area contributed by atoms with Gasteiger partial charge in [-0.05, 0) is 60.7 Å². The molecule has 2 aromatic heterocycles. The number of hydrogen-bond donors (Lipinski definition) is 0. The van der Waals surface area contributed by atoms with Crippen LogP contribution in [0.4, 0.5) is 0 Å². The number of pyridine rings is 1. The summed E-state index contributed by atoms with van der Waals surface area (Å²) in [6.07, 6.45) is 8.54. The molecule has 0 atom stereocenters. The highest BCUT2D eigenvalue weighted by Crippen LogP contribution is 2.35. The van der Waals surface area contributed by atoms with Crippen LogP contribution in [0.15, 0.2) is 90.0 Å². The highest BCUT2D eigenvalue weighted by molar-refractivity contribution is 7.90. The summed E-state index contributed by atoms with van der Waals surface area (Å²) < 4.78 is 29.0. The van der Waals surface area contributed by atoms with Crippen LogP contribution in [0, 0.1) is 12.0 Å². The van der Waals surface area contributed by atoms with Gasteiger partial charge in [0.25, 0.3) is 10.0 Å². The van der Waals surface area contributed by atoms with Gasteiger partial charge >= 0.3 is 0 Å². The fourth-order valence-electron chi connectivity index (χ4n) is 4.37. The summed E-state index contributed by atoms with van der Waals surface area (Å²) in [5, 5.41) is 0.797. The van der Waals surface area contributed by atoms with Gasteiger partial charge in [0.2, 0.25) is 0 Å². The minimum absolute atomic E-state index is 0.247. The van der Waals surface area contributed by atoms with E-state index in [0.717, 1.165) is 29.4 Å². The Morgan fingerprint density at radius 2 is 1.77 bits per heavy atom. The minimum Gasteiger partial charge on any atom is -0.237 e. The van der Waals surface area contributed by atoms with E-state index in [1.807, 2.05) is 48.5 Å². The van der Waals surface area contributed by atoms with Crippen LogP contribution in [0.25, 0.3) is 16.6 Å². The van der Waals surface area contributed by atoms with E-state index in [0.29, 0.717) is 17.3 Å². The lowest BCUT2D eigenvalue weighted by Gasteiger charge is -2.16. The van der Waals surface area contributed by atoms with Crippen LogP contribution in [0.3, 0.4) is 0 Å². The Kier molecular flexibility index (Phi) is 5.20. The fourth-order valence-corrected chi connectivity index (χ4v) is 5.88. The Morgan fingerprint density at radius 1 is 1.00 bits per heavy atom. The van der Waals surface area contributed by atoms with Crippen LogP contribution in [-0.2, 0) is 10.0 Å². The minimum atomic E-state index is -3.84. The third-order valence-corrected chi connectivity index (χ3v) is 7.60. The molecule has 5 rings (SSSR count). The van der Waals surface area contributed by atoms with Crippen molar-refractivity contribution >= 4 is 26.6 Å². The van der Waals surface area contributed by atoms with Gasteiger partial charge in [-0.1, -0.05) is 61.4 Å². The van der Waals surface area contributed by atoms with Crippen molar-refractivity contribution in [3.8, 4) is 0 Å². The standard InChI is InChI=1S/C26H23N2O2S/c29-31(30,23-15-5-2-6-16-23)28-25(19-22-14-9-17-27-26(22)28)24(18-20-10-7-8-11-20)21-12-3-1-4-13-21/h1-6,9,12,14-20H,7-8,10-11H2. The Hall–Kier alpha value is -3.18. The molecule has 0 spiro atoms. The van der Waals surface area contributed by atoms with Gasteiger partial charge in [0.1, 0.15) is 0 Å². The second-order valence-corrected chi connectivity index (χ2v) is 9.72. The van der Waals surface area contributed by atoms with E-state index in [-0.39, 0.29) is 4.90 Å². The maximum absolute atomic E-state index is 13.8. The number of benzene rings is 2. The van der Waals surface area contributed by atoms with Crippen molar-refractivity contribution in [2.24, 2.45) is 5.92 Å². The van der Waals surface area contributed by atoms with Gasteiger partial charge in [-0.15, -0.1) is 0 Å². The van der Waals surface area contributed by atoms with Crippen LogP contribution in [0.5, 0.6) is 0 Å². The molecule has 1 aliphatic carbocycles. The topological polar surface area (TPSA) is 52.0 Å². The number of rotatable bonds is 5. The molecular formula is C26H23N2O2S. The van der Waals surface area contributed by atoms with Crippen molar-refractivity contribution in [1.82, 2.24) is 8.96 Å². The molecule has 0 N–H and O–H groups in total. The first-order valence-corrected chi connectivity index (χ1v) is 12.0. The maximum Gasteiger partial charge on any atom is 0.269 e. The van der Waals surface area contributed by atoms with Crippen LogP contribution in [-0.4, -0.2) is 17.4 Å². The normalized spacial score (nSPS) is 15.5. The van der Waals surface area contributed by atoms with E-state index in [9.17, 15) is 8.42 Å². The summed E-state index contributed by atoms with van der Waals surface area (Å²) in [6.45, 7) is 0. The van der Waals surface area contributed by atoms with E-state index in [4.69, 9.17) is 0 Å². The molecule has 4 aromatic rings. The van der Waals surface area contributed by atoms with E-state index in [1.165, 1.54) is 16.8 Å². The van der Waals surface area contributed by atoms with E-state index >= 15 is 0 Å². The summed E-state index contributed by atoms with van der Waals surface area (Å²) >= 11 is 0. The average molecular weight is 428 g/mol. The molecule has 2 aromatic carbocycles. The fraction of sp³-hybridized carbons (Fsp3) is 0.192. The maximum atomic E-state index is 13.8. The molecule has 0 aliphatic heterocycles. The van der Waals surface area contributed by atoms with E-state index < -0.39 is 10.0 Å². The molecule has 1 saturated carbocycles. The number of aromatic nitrogens is 2. The zero-order chi connectivity index (χ0) is 21.3. The van der Waals surface area contributed by atoms with Gasteiger partial charge in [-0.25, -0.2) is 17.4 Å². The van der Waals surface area contributed by atoms with Crippen molar-refractivity contribution in [1.29, 1.82) is 0 Å².